The van der Waals surface area contributed by atoms with Crippen LogP contribution in [0.5, 0.6) is 5.75 Å². The van der Waals surface area contributed by atoms with E-state index in [0.717, 1.165) is 18.4 Å². The smallest absolute Gasteiger partial charge is 0.226 e. The van der Waals surface area contributed by atoms with E-state index in [1.165, 1.54) is 12.1 Å². The first-order chi connectivity index (χ1) is 12.8. The van der Waals surface area contributed by atoms with E-state index in [2.05, 4.69) is 15.5 Å². The van der Waals surface area contributed by atoms with Gasteiger partial charge in [-0.2, -0.15) is 4.98 Å². The molecule has 146 valence electrons. The Morgan fingerprint density at radius 2 is 2.19 bits per heavy atom. The molecule has 1 aromatic carbocycles. The molecular formula is C20H26FN3O3. The Morgan fingerprint density at radius 1 is 1.37 bits per heavy atom. The molecule has 1 aliphatic heterocycles. The van der Waals surface area contributed by atoms with E-state index in [4.69, 9.17) is 9.26 Å². The van der Waals surface area contributed by atoms with Crippen LogP contribution >= 0.6 is 0 Å². The number of carbonyl (C=O) groups excluding carboxylic acids is 1. The van der Waals surface area contributed by atoms with E-state index >= 15 is 0 Å². The highest BCUT2D eigenvalue weighted by Gasteiger charge is 2.23. The van der Waals surface area contributed by atoms with Crippen molar-refractivity contribution in [3.63, 3.8) is 0 Å². The van der Waals surface area contributed by atoms with Gasteiger partial charge in [0.2, 0.25) is 11.8 Å². The molecule has 0 aliphatic carbocycles. The van der Waals surface area contributed by atoms with E-state index in [0.29, 0.717) is 43.3 Å². The average molecular weight is 375 g/mol. The van der Waals surface area contributed by atoms with Gasteiger partial charge in [0.05, 0.1) is 12.6 Å². The summed E-state index contributed by atoms with van der Waals surface area (Å²) < 4.78 is 24.3. The van der Waals surface area contributed by atoms with Gasteiger partial charge in [0.25, 0.3) is 0 Å². The number of aromatic nitrogens is 2. The predicted molar refractivity (Wildman–Crippen MR) is 97.9 cm³/mol. The van der Waals surface area contributed by atoms with Crippen molar-refractivity contribution in [1.29, 1.82) is 0 Å². The van der Waals surface area contributed by atoms with Gasteiger partial charge in [-0.15, -0.1) is 0 Å². The highest BCUT2D eigenvalue weighted by atomic mass is 19.1. The number of nitrogens with zero attached hydrogens (tertiary/aromatic N) is 2. The summed E-state index contributed by atoms with van der Waals surface area (Å²) in [5.74, 6) is 1.35. The number of halogens is 1. The molecule has 27 heavy (non-hydrogen) atoms. The van der Waals surface area contributed by atoms with Crippen molar-refractivity contribution in [2.75, 3.05) is 6.61 Å². The average Bonchev–Trinajstić information content (AvgIpc) is 2.99. The zero-order valence-electron chi connectivity index (χ0n) is 16.0. The fraction of sp³-hybridized carbons (Fsp3) is 0.550. The molecule has 3 rings (SSSR count). The third-order valence-corrected chi connectivity index (χ3v) is 4.51. The molecule has 1 N–H and O–H groups in total. The van der Waals surface area contributed by atoms with Crippen LogP contribution in [0.25, 0.3) is 0 Å². The van der Waals surface area contributed by atoms with Crippen molar-refractivity contribution in [1.82, 2.24) is 15.5 Å². The standard InChI is InChI=1S/C20H26FN3O3/c1-20(2,3)19-23-18(27-24-19)8-4-7-17(25)22-15-6-5-11-26-16-12-13(21)9-10-14(15)16/h9-10,12,15H,4-8,11H2,1-3H3,(H,22,25). The number of amides is 1. The minimum Gasteiger partial charge on any atom is -0.493 e. The summed E-state index contributed by atoms with van der Waals surface area (Å²) in [5.41, 5.74) is 0.669. The Balaban J connectivity index is 1.53. The van der Waals surface area contributed by atoms with Gasteiger partial charge in [0, 0.05) is 29.9 Å². The molecule has 0 spiro atoms. The Kier molecular flexibility index (Phi) is 5.77. The van der Waals surface area contributed by atoms with Gasteiger partial charge in [-0.05, 0) is 25.3 Å². The summed E-state index contributed by atoms with van der Waals surface area (Å²) in [6, 6.07) is 4.30. The van der Waals surface area contributed by atoms with Crippen LogP contribution in [-0.4, -0.2) is 22.7 Å². The maximum absolute atomic E-state index is 13.4. The Morgan fingerprint density at radius 3 is 2.93 bits per heavy atom. The topological polar surface area (TPSA) is 77.2 Å². The number of hydrogen-bond donors (Lipinski definition) is 1. The second-order valence-electron chi connectivity index (χ2n) is 7.91. The van der Waals surface area contributed by atoms with Crippen LogP contribution in [0.4, 0.5) is 4.39 Å². The van der Waals surface area contributed by atoms with Crippen molar-refractivity contribution in [3.05, 3.63) is 41.3 Å². The van der Waals surface area contributed by atoms with Gasteiger partial charge < -0.3 is 14.6 Å². The second kappa shape index (κ2) is 8.06. The maximum Gasteiger partial charge on any atom is 0.226 e. The summed E-state index contributed by atoms with van der Waals surface area (Å²) >= 11 is 0. The molecule has 1 aromatic heterocycles. The van der Waals surface area contributed by atoms with Gasteiger partial charge in [-0.25, -0.2) is 4.39 Å². The minimum absolute atomic E-state index is 0.0484. The quantitative estimate of drug-likeness (QED) is 0.859. The molecule has 2 aromatic rings. The summed E-state index contributed by atoms with van der Waals surface area (Å²) in [7, 11) is 0. The molecule has 1 unspecified atom stereocenters. The largest absolute Gasteiger partial charge is 0.493 e. The number of carbonyl (C=O) groups is 1. The summed E-state index contributed by atoms with van der Waals surface area (Å²) in [6.07, 6.45) is 3.12. The van der Waals surface area contributed by atoms with Crippen LogP contribution in [0, 0.1) is 5.82 Å². The van der Waals surface area contributed by atoms with Gasteiger partial charge >= 0.3 is 0 Å². The number of benzene rings is 1. The van der Waals surface area contributed by atoms with Gasteiger partial charge in [0.1, 0.15) is 11.6 Å². The molecule has 0 fully saturated rings. The molecule has 7 heteroatoms. The molecule has 1 aliphatic rings. The summed E-state index contributed by atoms with van der Waals surface area (Å²) in [6.45, 7) is 6.59. The van der Waals surface area contributed by atoms with E-state index < -0.39 is 0 Å². The number of hydrogen-bond acceptors (Lipinski definition) is 5. The SMILES string of the molecule is CC(C)(C)c1noc(CCCC(=O)NC2CCCOc3cc(F)ccc32)n1. The van der Waals surface area contributed by atoms with Crippen molar-refractivity contribution in [3.8, 4) is 5.75 Å². The molecule has 0 saturated heterocycles. The van der Waals surface area contributed by atoms with Crippen molar-refractivity contribution < 1.29 is 18.4 Å². The van der Waals surface area contributed by atoms with Crippen LogP contribution < -0.4 is 10.1 Å². The lowest BCUT2D eigenvalue weighted by atomic mass is 9.96. The normalized spacial score (nSPS) is 17.0. The minimum atomic E-state index is -0.338. The number of rotatable bonds is 5. The van der Waals surface area contributed by atoms with E-state index in [-0.39, 0.29) is 23.2 Å². The third kappa shape index (κ3) is 5.05. The molecule has 0 saturated carbocycles. The van der Waals surface area contributed by atoms with Crippen LogP contribution in [0.1, 0.15) is 69.8 Å². The van der Waals surface area contributed by atoms with E-state index in [9.17, 15) is 9.18 Å². The first kappa shape index (κ1) is 19.3. The third-order valence-electron chi connectivity index (χ3n) is 4.51. The van der Waals surface area contributed by atoms with E-state index in [1.807, 2.05) is 20.8 Å². The Labute approximate surface area is 158 Å². The molecule has 0 radical (unpaired) electrons. The highest BCUT2D eigenvalue weighted by Crippen LogP contribution is 2.32. The molecule has 1 amide bonds. The molecule has 6 nitrogen and oxygen atoms in total. The fourth-order valence-electron chi connectivity index (χ4n) is 3.02. The first-order valence-electron chi connectivity index (χ1n) is 9.37. The molecule has 1 atom stereocenters. The predicted octanol–water partition coefficient (Wildman–Crippen LogP) is 3.86. The zero-order valence-corrected chi connectivity index (χ0v) is 16.0. The lowest BCUT2D eigenvalue weighted by molar-refractivity contribution is -0.122. The summed E-state index contributed by atoms with van der Waals surface area (Å²) in [5, 5.41) is 7.03. The van der Waals surface area contributed by atoms with Crippen molar-refractivity contribution in [2.24, 2.45) is 0 Å². The summed E-state index contributed by atoms with van der Waals surface area (Å²) in [4.78, 5) is 16.7. The number of aryl methyl sites for hydroxylation is 1. The monoisotopic (exact) mass is 375 g/mol. The van der Waals surface area contributed by atoms with Gasteiger partial charge in [0.15, 0.2) is 5.82 Å². The Bertz CT molecular complexity index is 798. The van der Waals surface area contributed by atoms with Gasteiger partial charge in [-0.1, -0.05) is 32.0 Å². The zero-order chi connectivity index (χ0) is 19.4. The van der Waals surface area contributed by atoms with Crippen LogP contribution in [0.2, 0.25) is 0 Å². The number of nitrogens with one attached hydrogen (secondary N) is 1. The van der Waals surface area contributed by atoms with Crippen LogP contribution in [-0.2, 0) is 16.6 Å². The first-order valence-corrected chi connectivity index (χ1v) is 9.37. The van der Waals surface area contributed by atoms with Crippen LogP contribution in [0.3, 0.4) is 0 Å². The highest BCUT2D eigenvalue weighted by molar-refractivity contribution is 5.76. The second-order valence-corrected chi connectivity index (χ2v) is 7.91. The van der Waals surface area contributed by atoms with Crippen molar-refractivity contribution in [2.45, 2.75) is 64.3 Å². The lowest BCUT2D eigenvalue weighted by Crippen LogP contribution is -2.28. The lowest BCUT2D eigenvalue weighted by Gasteiger charge is -2.18. The van der Waals surface area contributed by atoms with Crippen molar-refractivity contribution >= 4 is 5.91 Å². The van der Waals surface area contributed by atoms with Crippen LogP contribution in [0.15, 0.2) is 22.7 Å². The fourth-order valence-corrected chi connectivity index (χ4v) is 3.02. The maximum atomic E-state index is 13.4. The van der Waals surface area contributed by atoms with Gasteiger partial charge in [-0.3, -0.25) is 4.79 Å². The molecular weight excluding hydrogens is 349 g/mol. The van der Waals surface area contributed by atoms with E-state index in [1.54, 1.807) is 6.07 Å². The Hall–Kier alpha value is -2.44. The molecule has 2 heterocycles. The molecule has 0 bridgehead atoms. The number of fused-ring (bicyclic) bond motifs is 1. The number of ether oxygens (including phenoxy) is 1.